The van der Waals surface area contributed by atoms with Crippen molar-refractivity contribution in [2.24, 2.45) is 0 Å². The van der Waals surface area contributed by atoms with Gasteiger partial charge in [-0.3, -0.25) is 10.1 Å². The Morgan fingerprint density at radius 1 is 1.35 bits per heavy atom. The first kappa shape index (κ1) is 11.5. The molecule has 1 amide bonds. The van der Waals surface area contributed by atoms with Gasteiger partial charge in [0.1, 0.15) is 6.10 Å². The number of amides is 1. The summed E-state index contributed by atoms with van der Waals surface area (Å²) in [5.74, 6) is -1.21. The maximum absolute atomic E-state index is 11.6. The number of anilines is 1. The van der Waals surface area contributed by atoms with Gasteiger partial charge in [0.25, 0.3) is 5.91 Å². The van der Waals surface area contributed by atoms with E-state index >= 15 is 0 Å². The highest BCUT2D eigenvalue weighted by molar-refractivity contribution is 5.93. The Balaban J connectivity index is 1.91. The highest BCUT2D eigenvalue weighted by Gasteiger charge is 2.35. The van der Waals surface area contributed by atoms with Gasteiger partial charge < -0.3 is 14.3 Å². The lowest BCUT2D eigenvalue weighted by atomic mass is 10.2. The average Bonchev–Trinajstić information content (AvgIpc) is 2.86. The largest absolute Gasteiger partial charge is 0.479 e. The SMILES string of the molecule is Cc1nnc(NC(=O)[C@@H]2CC[C@H](C(=O)O)O2)o1. The van der Waals surface area contributed by atoms with E-state index < -0.39 is 24.1 Å². The molecule has 1 aromatic heterocycles. The van der Waals surface area contributed by atoms with E-state index in [0.29, 0.717) is 18.7 Å². The zero-order chi connectivity index (χ0) is 12.4. The number of ether oxygens (including phenoxy) is 1. The van der Waals surface area contributed by atoms with Crippen LogP contribution in [0.2, 0.25) is 0 Å². The van der Waals surface area contributed by atoms with Gasteiger partial charge in [0.2, 0.25) is 5.89 Å². The first-order valence-electron chi connectivity index (χ1n) is 5.05. The minimum Gasteiger partial charge on any atom is -0.479 e. The smallest absolute Gasteiger partial charge is 0.332 e. The Morgan fingerprint density at radius 3 is 2.59 bits per heavy atom. The fourth-order valence-corrected chi connectivity index (χ4v) is 1.54. The van der Waals surface area contributed by atoms with Crippen molar-refractivity contribution in [1.82, 2.24) is 10.2 Å². The third kappa shape index (κ3) is 2.59. The lowest BCUT2D eigenvalue weighted by Crippen LogP contribution is -2.30. The quantitative estimate of drug-likeness (QED) is 0.762. The monoisotopic (exact) mass is 241 g/mol. The van der Waals surface area contributed by atoms with E-state index in [-0.39, 0.29) is 6.01 Å². The molecule has 0 saturated carbocycles. The van der Waals surface area contributed by atoms with Crippen molar-refractivity contribution in [2.75, 3.05) is 5.32 Å². The van der Waals surface area contributed by atoms with Gasteiger partial charge in [-0.25, -0.2) is 4.79 Å². The van der Waals surface area contributed by atoms with Crippen LogP contribution in [0.5, 0.6) is 0 Å². The van der Waals surface area contributed by atoms with Gasteiger partial charge in [-0.15, -0.1) is 5.10 Å². The summed E-state index contributed by atoms with van der Waals surface area (Å²) in [6, 6.07) is -0.0186. The molecule has 0 aliphatic carbocycles. The third-order valence-electron chi connectivity index (χ3n) is 2.34. The highest BCUT2D eigenvalue weighted by Crippen LogP contribution is 2.21. The van der Waals surface area contributed by atoms with Gasteiger partial charge in [-0.1, -0.05) is 5.10 Å². The maximum atomic E-state index is 11.6. The molecule has 1 aromatic rings. The van der Waals surface area contributed by atoms with Crippen LogP contribution in [0.15, 0.2) is 4.42 Å². The second-order valence-electron chi connectivity index (χ2n) is 3.64. The lowest BCUT2D eigenvalue weighted by Gasteiger charge is -2.09. The first-order chi connectivity index (χ1) is 8.06. The van der Waals surface area contributed by atoms with Crippen molar-refractivity contribution in [3.8, 4) is 0 Å². The van der Waals surface area contributed by atoms with Crippen LogP contribution in [-0.4, -0.2) is 39.4 Å². The molecule has 1 fully saturated rings. The molecule has 1 saturated heterocycles. The zero-order valence-electron chi connectivity index (χ0n) is 9.04. The van der Waals surface area contributed by atoms with Crippen LogP contribution >= 0.6 is 0 Å². The molecule has 2 atom stereocenters. The van der Waals surface area contributed by atoms with E-state index in [2.05, 4.69) is 15.5 Å². The Bertz CT molecular complexity index is 444. The second-order valence-corrected chi connectivity index (χ2v) is 3.64. The summed E-state index contributed by atoms with van der Waals surface area (Å²) in [4.78, 5) is 22.3. The minimum atomic E-state index is -1.06. The van der Waals surface area contributed by atoms with Crippen LogP contribution < -0.4 is 5.32 Å². The first-order valence-corrected chi connectivity index (χ1v) is 5.05. The molecule has 0 spiro atoms. The fourth-order valence-electron chi connectivity index (χ4n) is 1.54. The summed E-state index contributed by atoms with van der Waals surface area (Å²) in [7, 11) is 0. The van der Waals surface area contributed by atoms with Crippen LogP contribution in [0.3, 0.4) is 0 Å². The second kappa shape index (κ2) is 4.50. The van der Waals surface area contributed by atoms with Crippen molar-refractivity contribution in [1.29, 1.82) is 0 Å². The molecule has 1 aliphatic rings. The number of aryl methyl sites for hydroxylation is 1. The molecule has 0 radical (unpaired) electrons. The molecule has 0 bridgehead atoms. The zero-order valence-corrected chi connectivity index (χ0v) is 9.04. The van der Waals surface area contributed by atoms with Crippen molar-refractivity contribution in [3.63, 3.8) is 0 Å². The normalized spacial score (nSPS) is 23.6. The summed E-state index contributed by atoms with van der Waals surface area (Å²) in [6.07, 6.45) is -1.04. The number of nitrogens with one attached hydrogen (secondary N) is 1. The maximum Gasteiger partial charge on any atom is 0.332 e. The van der Waals surface area contributed by atoms with E-state index in [1.54, 1.807) is 6.92 Å². The Morgan fingerprint density at radius 2 is 2.06 bits per heavy atom. The summed E-state index contributed by atoms with van der Waals surface area (Å²) < 4.78 is 10.0. The molecule has 2 rings (SSSR count). The number of carbonyl (C=O) groups excluding carboxylic acids is 1. The Kier molecular flexibility index (Phi) is 3.05. The van der Waals surface area contributed by atoms with Gasteiger partial charge in [-0.05, 0) is 12.8 Å². The highest BCUT2D eigenvalue weighted by atomic mass is 16.5. The van der Waals surface area contributed by atoms with Crippen LogP contribution in [-0.2, 0) is 14.3 Å². The van der Waals surface area contributed by atoms with E-state index in [0.717, 1.165) is 0 Å². The summed E-state index contributed by atoms with van der Waals surface area (Å²) in [5, 5.41) is 18.2. The number of hydrogen-bond acceptors (Lipinski definition) is 6. The van der Waals surface area contributed by atoms with Crippen LogP contribution in [0.4, 0.5) is 6.01 Å². The van der Waals surface area contributed by atoms with Gasteiger partial charge in [-0.2, -0.15) is 0 Å². The molecule has 1 aliphatic heterocycles. The van der Waals surface area contributed by atoms with E-state index in [9.17, 15) is 9.59 Å². The number of aliphatic carboxylic acids is 1. The van der Waals surface area contributed by atoms with Gasteiger partial charge >= 0.3 is 12.0 Å². The van der Waals surface area contributed by atoms with Crippen LogP contribution in [0.1, 0.15) is 18.7 Å². The molecule has 0 unspecified atom stereocenters. The fraction of sp³-hybridized carbons (Fsp3) is 0.556. The summed E-state index contributed by atoms with van der Waals surface area (Å²) in [5.41, 5.74) is 0. The third-order valence-corrected chi connectivity index (χ3v) is 2.34. The topological polar surface area (TPSA) is 115 Å². The number of carboxylic acid groups (broad SMARTS) is 1. The number of rotatable bonds is 3. The van der Waals surface area contributed by atoms with Crippen LogP contribution in [0, 0.1) is 6.92 Å². The number of nitrogens with zero attached hydrogens (tertiary/aromatic N) is 2. The van der Waals surface area contributed by atoms with Gasteiger partial charge in [0, 0.05) is 6.92 Å². The Hall–Kier alpha value is -1.96. The molecule has 17 heavy (non-hydrogen) atoms. The Labute approximate surface area is 96.0 Å². The van der Waals surface area contributed by atoms with E-state index in [1.807, 2.05) is 0 Å². The number of hydrogen-bond donors (Lipinski definition) is 2. The molecule has 2 N–H and O–H groups in total. The van der Waals surface area contributed by atoms with Gasteiger partial charge in [0.05, 0.1) is 0 Å². The molecule has 8 heteroatoms. The molecule has 2 heterocycles. The predicted octanol–water partition coefficient (Wildman–Crippen LogP) is -0.0513. The molecular formula is C9H11N3O5. The van der Waals surface area contributed by atoms with E-state index in [1.165, 1.54) is 0 Å². The number of aromatic nitrogens is 2. The average molecular weight is 241 g/mol. The van der Waals surface area contributed by atoms with Gasteiger partial charge in [0.15, 0.2) is 6.10 Å². The predicted molar refractivity (Wildman–Crippen MR) is 53.2 cm³/mol. The van der Waals surface area contributed by atoms with Crippen molar-refractivity contribution >= 4 is 17.9 Å². The van der Waals surface area contributed by atoms with Crippen LogP contribution in [0.25, 0.3) is 0 Å². The molecular weight excluding hydrogens is 230 g/mol. The lowest BCUT2D eigenvalue weighted by molar-refractivity contribution is -0.150. The standard InChI is InChI=1S/C9H11N3O5/c1-4-11-12-9(16-4)10-7(13)5-2-3-6(17-5)8(14)15/h5-6H,2-3H2,1H3,(H,14,15)(H,10,12,13)/t5-,6+/m0/s1. The number of carbonyl (C=O) groups is 2. The molecule has 92 valence electrons. The van der Waals surface area contributed by atoms with Crippen molar-refractivity contribution in [3.05, 3.63) is 5.89 Å². The van der Waals surface area contributed by atoms with Crippen molar-refractivity contribution in [2.45, 2.75) is 32.0 Å². The summed E-state index contributed by atoms with van der Waals surface area (Å²) in [6.45, 7) is 1.59. The van der Waals surface area contributed by atoms with E-state index in [4.69, 9.17) is 14.3 Å². The molecule has 8 nitrogen and oxygen atoms in total. The summed E-state index contributed by atoms with van der Waals surface area (Å²) >= 11 is 0. The molecule has 0 aromatic carbocycles. The number of carboxylic acids is 1. The minimum absolute atomic E-state index is 0.0186. The van der Waals surface area contributed by atoms with Crippen molar-refractivity contribution < 1.29 is 23.8 Å².